The highest BCUT2D eigenvalue weighted by atomic mass is 28.3. The number of benzene rings is 9. The molecule has 0 saturated heterocycles. The molecule has 10 aromatic rings. The molecule has 0 aliphatic rings. The number of anilines is 3. The minimum Gasteiger partial charge on any atom is -0.310 e. The molecule has 0 amide bonds. The third kappa shape index (κ3) is 5.62. The smallest absolute Gasteiger partial charge is 0.179 e. The largest absolute Gasteiger partial charge is 0.310 e. The molecule has 4 heteroatoms. The van der Waals surface area contributed by atoms with Crippen molar-refractivity contribution in [2.45, 2.75) is 0 Å². The van der Waals surface area contributed by atoms with E-state index in [4.69, 9.17) is 0 Å². The first-order chi connectivity index (χ1) is 27.7. The fourth-order valence-corrected chi connectivity index (χ4v) is 13.4. The summed E-state index contributed by atoms with van der Waals surface area (Å²) in [4.78, 5) is 2.23. The van der Waals surface area contributed by atoms with Crippen LogP contribution in [0.2, 0.25) is 0 Å². The van der Waals surface area contributed by atoms with E-state index in [9.17, 15) is 4.39 Å². The van der Waals surface area contributed by atoms with Gasteiger partial charge < -0.3 is 9.47 Å². The summed E-state index contributed by atoms with van der Waals surface area (Å²) in [6.07, 6.45) is 0. The molecule has 2 nitrogen and oxygen atoms in total. The fraction of sp³-hybridized carbons (Fsp3) is 0. The first-order valence-corrected chi connectivity index (χ1v) is 21.0. The van der Waals surface area contributed by atoms with Crippen molar-refractivity contribution in [1.29, 1.82) is 0 Å². The predicted octanol–water partition coefficient (Wildman–Crippen LogP) is 10.9. The quantitative estimate of drug-likeness (QED) is 0.111. The average Bonchev–Trinajstić information content (AvgIpc) is 3.59. The SMILES string of the molecule is Fc1ccc(N(c2ccc3ccccc3c2)c2ccc3c(c2)c2cc([Si](c4ccccc4)(c4ccccc4)c4ccccc4)ccc2n3-c2ccccc2)cc1. The van der Waals surface area contributed by atoms with E-state index in [0.29, 0.717) is 0 Å². The lowest BCUT2D eigenvalue weighted by Gasteiger charge is -2.34. The van der Waals surface area contributed by atoms with E-state index in [2.05, 4.69) is 210 Å². The van der Waals surface area contributed by atoms with Crippen LogP contribution in [0.1, 0.15) is 0 Å². The summed E-state index contributed by atoms with van der Waals surface area (Å²) in [6.45, 7) is 0. The Morgan fingerprint density at radius 2 is 0.821 bits per heavy atom. The zero-order chi connectivity index (χ0) is 37.5. The van der Waals surface area contributed by atoms with Crippen LogP contribution in [0.5, 0.6) is 0 Å². The Morgan fingerprint density at radius 1 is 0.357 bits per heavy atom. The normalized spacial score (nSPS) is 11.7. The van der Waals surface area contributed by atoms with E-state index in [1.54, 1.807) is 0 Å². The third-order valence-electron chi connectivity index (χ3n) is 11.2. The molecule has 0 N–H and O–H groups in total. The molecule has 0 bridgehead atoms. The monoisotopic (exact) mass is 736 g/mol. The standard InChI is InChI=1S/C52H37FN2Si/c53-40-26-29-42(30-27-40)54(43-28-25-38-15-13-14-16-39(38)35-43)44-31-33-51-49(36-44)50-37-48(32-34-52(50)55(51)41-17-5-1-6-18-41)56(45-19-7-2-8-20-45,46-21-9-3-10-22-46)47-23-11-4-12-24-47/h1-37H. The van der Waals surface area contributed by atoms with Crippen LogP contribution in [-0.4, -0.2) is 12.6 Å². The molecule has 1 aromatic heterocycles. The molecule has 0 spiro atoms. The second kappa shape index (κ2) is 14.0. The van der Waals surface area contributed by atoms with Crippen molar-refractivity contribution in [2.75, 3.05) is 4.90 Å². The Labute approximate surface area is 327 Å². The van der Waals surface area contributed by atoms with Crippen molar-refractivity contribution in [1.82, 2.24) is 4.57 Å². The zero-order valence-electron chi connectivity index (χ0n) is 30.6. The van der Waals surface area contributed by atoms with Crippen molar-refractivity contribution in [2.24, 2.45) is 0 Å². The Kier molecular flexibility index (Phi) is 8.39. The van der Waals surface area contributed by atoms with E-state index < -0.39 is 8.07 Å². The van der Waals surface area contributed by atoms with E-state index >= 15 is 0 Å². The van der Waals surface area contributed by atoms with Crippen LogP contribution >= 0.6 is 0 Å². The summed E-state index contributed by atoms with van der Waals surface area (Å²) >= 11 is 0. The lowest BCUT2D eigenvalue weighted by molar-refractivity contribution is 0.628. The number of halogens is 1. The molecular weight excluding hydrogens is 700 g/mol. The van der Waals surface area contributed by atoms with E-state index in [1.165, 1.54) is 43.7 Å². The van der Waals surface area contributed by atoms with Gasteiger partial charge in [-0.1, -0.05) is 152 Å². The minimum atomic E-state index is -2.80. The molecule has 0 fully saturated rings. The fourth-order valence-electron chi connectivity index (χ4n) is 8.66. The van der Waals surface area contributed by atoms with Gasteiger partial charge in [0.25, 0.3) is 0 Å². The van der Waals surface area contributed by atoms with Gasteiger partial charge in [0.15, 0.2) is 8.07 Å². The van der Waals surface area contributed by atoms with Crippen LogP contribution in [0.3, 0.4) is 0 Å². The Morgan fingerprint density at radius 3 is 1.43 bits per heavy atom. The Balaban J connectivity index is 1.28. The van der Waals surface area contributed by atoms with Crippen LogP contribution in [0.4, 0.5) is 21.5 Å². The van der Waals surface area contributed by atoms with Gasteiger partial charge >= 0.3 is 0 Å². The van der Waals surface area contributed by atoms with Crippen molar-refractivity contribution >= 4 is 78.5 Å². The lowest BCUT2D eigenvalue weighted by atomic mass is 10.1. The van der Waals surface area contributed by atoms with Gasteiger partial charge in [0.2, 0.25) is 0 Å². The maximum Gasteiger partial charge on any atom is 0.179 e. The van der Waals surface area contributed by atoms with Gasteiger partial charge in [0.05, 0.1) is 11.0 Å². The van der Waals surface area contributed by atoms with Crippen molar-refractivity contribution < 1.29 is 4.39 Å². The molecule has 266 valence electrons. The second-order valence-corrected chi connectivity index (χ2v) is 18.1. The molecule has 0 aliphatic heterocycles. The van der Waals surface area contributed by atoms with E-state index in [1.807, 2.05) is 12.1 Å². The minimum absolute atomic E-state index is 0.260. The first kappa shape index (κ1) is 33.5. The molecule has 0 atom stereocenters. The number of hydrogen-bond acceptors (Lipinski definition) is 1. The highest BCUT2D eigenvalue weighted by Crippen LogP contribution is 2.40. The predicted molar refractivity (Wildman–Crippen MR) is 237 cm³/mol. The number of nitrogens with zero attached hydrogens (tertiary/aromatic N) is 2. The topological polar surface area (TPSA) is 8.17 Å². The molecule has 9 aromatic carbocycles. The summed E-state index contributed by atoms with van der Waals surface area (Å²) in [7, 11) is -2.80. The number of fused-ring (bicyclic) bond motifs is 4. The molecule has 1 heterocycles. The molecule has 56 heavy (non-hydrogen) atoms. The molecule has 10 rings (SSSR count). The van der Waals surface area contributed by atoms with Crippen LogP contribution in [0.15, 0.2) is 224 Å². The molecule has 0 saturated carbocycles. The maximum absolute atomic E-state index is 14.4. The summed E-state index contributed by atoms with van der Waals surface area (Å²) in [6, 6.07) is 79.5. The van der Waals surface area contributed by atoms with Crippen molar-refractivity contribution in [3.63, 3.8) is 0 Å². The van der Waals surface area contributed by atoms with Crippen LogP contribution in [-0.2, 0) is 0 Å². The summed E-state index contributed by atoms with van der Waals surface area (Å²) in [5.74, 6) is -0.260. The van der Waals surface area contributed by atoms with Crippen LogP contribution in [0, 0.1) is 5.82 Å². The molecule has 0 unspecified atom stereocenters. The number of rotatable bonds is 8. The Bertz CT molecular complexity index is 2870. The summed E-state index contributed by atoms with van der Waals surface area (Å²) in [5, 5.41) is 9.97. The molecule has 0 radical (unpaired) electrons. The zero-order valence-corrected chi connectivity index (χ0v) is 31.6. The van der Waals surface area contributed by atoms with E-state index in [-0.39, 0.29) is 5.82 Å². The average molecular weight is 737 g/mol. The van der Waals surface area contributed by atoms with Crippen molar-refractivity contribution in [3.05, 3.63) is 230 Å². The van der Waals surface area contributed by atoms with Gasteiger partial charge in [0.1, 0.15) is 5.82 Å². The van der Waals surface area contributed by atoms with Crippen molar-refractivity contribution in [3.8, 4) is 5.69 Å². The van der Waals surface area contributed by atoms with E-state index in [0.717, 1.165) is 44.6 Å². The number of para-hydroxylation sites is 1. The summed E-state index contributed by atoms with van der Waals surface area (Å²) < 4.78 is 16.8. The number of hydrogen-bond donors (Lipinski definition) is 0. The Hall–Kier alpha value is -7.01. The van der Waals surface area contributed by atoms with Gasteiger partial charge in [0, 0.05) is 33.5 Å². The van der Waals surface area contributed by atoms with Gasteiger partial charge in [-0.15, -0.1) is 0 Å². The van der Waals surface area contributed by atoms with Gasteiger partial charge in [-0.3, -0.25) is 0 Å². The first-order valence-electron chi connectivity index (χ1n) is 19.0. The van der Waals surface area contributed by atoms with Crippen LogP contribution in [0.25, 0.3) is 38.3 Å². The lowest BCUT2D eigenvalue weighted by Crippen LogP contribution is -2.74. The highest BCUT2D eigenvalue weighted by Gasteiger charge is 2.41. The van der Waals surface area contributed by atoms with Gasteiger partial charge in [-0.05, 0) is 104 Å². The molecular formula is C52H37FN2Si. The molecule has 0 aliphatic carbocycles. The number of aromatic nitrogens is 1. The maximum atomic E-state index is 14.4. The second-order valence-electron chi connectivity index (χ2n) is 14.3. The van der Waals surface area contributed by atoms with Gasteiger partial charge in [-0.2, -0.15) is 0 Å². The van der Waals surface area contributed by atoms with Crippen LogP contribution < -0.4 is 25.6 Å². The highest BCUT2D eigenvalue weighted by molar-refractivity contribution is 7.20. The van der Waals surface area contributed by atoms with Gasteiger partial charge in [-0.25, -0.2) is 4.39 Å². The summed E-state index contributed by atoms with van der Waals surface area (Å²) in [5.41, 5.74) is 6.26. The third-order valence-corrected chi connectivity index (χ3v) is 15.9.